The maximum absolute atomic E-state index is 11.4. The predicted molar refractivity (Wildman–Crippen MR) is 83.6 cm³/mol. The highest BCUT2D eigenvalue weighted by Crippen LogP contribution is 2.54. The normalized spacial score (nSPS) is 28.5. The smallest absolute Gasteiger partial charge is 0.412 e. The Labute approximate surface area is 149 Å². The molecule has 2 aliphatic rings. The zero-order valence-corrected chi connectivity index (χ0v) is 16.0. The first-order chi connectivity index (χ1) is 9.80. The fraction of sp³-hybridized carbons (Fsp3) is 0.562. The molecule has 0 spiro atoms. The van der Waals surface area contributed by atoms with E-state index in [1.165, 1.54) is 11.3 Å². The summed E-state index contributed by atoms with van der Waals surface area (Å²) in [6.45, 7) is 3.43. The third-order valence-corrected chi connectivity index (χ3v) is 5.20. The van der Waals surface area contributed by atoms with E-state index in [1.54, 1.807) is 7.05 Å². The van der Waals surface area contributed by atoms with Gasteiger partial charge >= 0.3 is 6.09 Å². The Hall–Kier alpha value is -0.860. The van der Waals surface area contributed by atoms with E-state index in [4.69, 9.17) is 4.74 Å². The van der Waals surface area contributed by atoms with Crippen molar-refractivity contribution in [2.24, 2.45) is 0 Å². The fourth-order valence-electron chi connectivity index (χ4n) is 4.45. The number of nitrogens with zero attached hydrogens (tertiary/aromatic N) is 2. The molecule has 1 fully saturated rings. The molecule has 2 aliphatic heterocycles. The number of benzene rings is 1. The van der Waals surface area contributed by atoms with Gasteiger partial charge in [-0.05, 0) is 32.5 Å². The van der Waals surface area contributed by atoms with Gasteiger partial charge in [-0.25, -0.2) is 4.79 Å². The SMILES string of the molecule is CNC(=O)Oc1ccc2c(c1)[C@]1(C)CCN(C)[C@@H]1[N+]2(C)C.[I-]. The second-order valence-electron chi connectivity index (χ2n) is 6.88. The number of ether oxygens (including phenoxy) is 1. The Morgan fingerprint density at radius 1 is 1.45 bits per heavy atom. The standard InChI is InChI=1S/C16H23N3O2.HI/c1-16-8-9-18(3)14(16)19(4,5)13-7-6-11(10-12(13)16)21-15(20)17-2;/h6-7,10,14H,8-9H2,1-5H3;1H/t14-,16+;/m1./s1. The van der Waals surface area contributed by atoms with Crippen molar-refractivity contribution in [3.05, 3.63) is 23.8 Å². The Morgan fingerprint density at radius 3 is 2.77 bits per heavy atom. The molecule has 6 heteroatoms. The number of rotatable bonds is 1. The fourth-order valence-corrected chi connectivity index (χ4v) is 4.45. The Balaban J connectivity index is 0.00000176. The molecule has 1 amide bonds. The van der Waals surface area contributed by atoms with Crippen molar-refractivity contribution in [3.8, 4) is 5.75 Å². The molecule has 0 aromatic heterocycles. The number of quaternary nitrogens is 1. The third kappa shape index (κ3) is 2.32. The molecule has 1 aromatic rings. The van der Waals surface area contributed by atoms with Crippen LogP contribution in [0, 0.1) is 0 Å². The molecule has 0 saturated carbocycles. The van der Waals surface area contributed by atoms with Gasteiger partial charge in [-0.15, -0.1) is 0 Å². The maximum Gasteiger partial charge on any atom is 0.412 e. The molecule has 22 heavy (non-hydrogen) atoms. The first kappa shape index (κ1) is 17.5. The number of hydrogen-bond acceptors (Lipinski definition) is 3. The molecular weight excluding hydrogens is 393 g/mol. The summed E-state index contributed by atoms with van der Waals surface area (Å²) in [5.74, 6) is 0.615. The summed E-state index contributed by atoms with van der Waals surface area (Å²) in [6.07, 6.45) is 1.14. The molecule has 122 valence electrons. The lowest BCUT2D eigenvalue weighted by Gasteiger charge is -2.37. The highest BCUT2D eigenvalue weighted by Gasteiger charge is 2.60. The van der Waals surface area contributed by atoms with E-state index >= 15 is 0 Å². The van der Waals surface area contributed by atoms with Crippen LogP contribution in [0.15, 0.2) is 18.2 Å². The van der Waals surface area contributed by atoms with Gasteiger partial charge in [0.05, 0.1) is 19.5 Å². The monoisotopic (exact) mass is 417 g/mol. The predicted octanol–water partition coefficient (Wildman–Crippen LogP) is -1.09. The number of amides is 1. The third-order valence-electron chi connectivity index (χ3n) is 5.20. The number of nitrogens with one attached hydrogen (secondary N) is 1. The molecule has 5 nitrogen and oxygen atoms in total. The molecule has 0 aliphatic carbocycles. The van der Waals surface area contributed by atoms with Crippen molar-refractivity contribution < 1.29 is 33.5 Å². The van der Waals surface area contributed by atoms with Gasteiger partial charge in [-0.3, -0.25) is 9.38 Å². The minimum absolute atomic E-state index is 0. The van der Waals surface area contributed by atoms with Gasteiger partial charge in [-0.2, -0.15) is 0 Å². The average molecular weight is 417 g/mol. The van der Waals surface area contributed by atoms with Gasteiger partial charge in [0.1, 0.15) is 11.4 Å². The van der Waals surface area contributed by atoms with Gasteiger partial charge in [0.25, 0.3) is 0 Å². The summed E-state index contributed by atoms with van der Waals surface area (Å²) >= 11 is 0. The molecule has 1 aromatic carbocycles. The van der Waals surface area contributed by atoms with E-state index in [9.17, 15) is 4.79 Å². The molecule has 0 unspecified atom stereocenters. The molecule has 0 bridgehead atoms. The Morgan fingerprint density at radius 2 is 2.14 bits per heavy atom. The lowest BCUT2D eigenvalue weighted by Crippen LogP contribution is -3.00. The van der Waals surface area contributed by atoms with E-state index in [0.29, 0.717) is 11.9 Å². The summed E-state index contributed by atoms with van der Waals surface area (Å²) in [7, 11) is 8.29. The largest absolute Gasteiger partial charge is 1.00 e. The molecule has 3 rings (SSSR count). The van der Waals surface area contributed by atoms with E-state index in [2.05, 4.69) is 44.3 Å². The topological polar surface area (TPSA) is 41.6 Å². The van der Waals surface area contributed by atoms with Crippen molar-refractivity contribution in [1.82, 2.24) is 14.7 Å². The van der Waals surface area contributed by atoms with E-state index in [0.717, 1.165) is 17.4 Å². The van der Waals surface area contributed by atoms with Gasteiger partial charge in [0, 0.05) is 25.2 Å². The summed E-state index contributed by atoms with van der Waals surface area (Å²) in [4.78, 5) is 13.9. The highest BCUT2D eigenvalue weighted by molar-refractivity contribution is 5.71. The van der Waals surface area contributed by atoms with Crippen LogP contribution in [-0.2, 0) is 5.41 Å². The van der Waals surface area contributed by atoms with E-state index in [1.807, 2.05) is 12.1 Å². The molecular formula is C16H24IN3O2. The van der Waals surface area contributed by atoms with Crippen LogP contribution in [0.5, 0.6) is 5.75 Å². The van der Waals surface area contributed by atoms with E-state index < -0.39 is 6.09 Å². The minimum atomic E-state index is -0.424. The number of carbonyl (C=O) groups excluding carboxylic acids is 1. The van der Waals surface area contributed by atoms with Crippen molar-refractivity contribution in [3.63, 3.8) is 0 Å². The number of likely N-dealkylation sites (tertiary alicyclic amines) is 1. The first-order valence-electron chi connectivity index (χ1n) is 7.39. The molecule has 0 radical (unpaired) electrons. The van der Waals surface area contributed by atoms with Crippen LogP contribution in [0.2, 0.25) is 0 Å². The van der Waals surface area contributed by atoms with Gasteiger partial charge in [0.15, 0.2) is 6.17 Å². The number of halogens is 1. The van der Waals surface area contributed by atoms with Crippen molar-refractivity contribution in [2.75, 3.05) is 34.7 Å². The van der Waals surface area contributed by atoms with Gasteiger partial charge < -0.3 is 34.0 Å². The second kappa shape index (κ2) is 5.65. The zero-order valence-electron chi connectivity index (χ0n) is 13.8. The Bertz CT molecular complexity index is 605. The summed E-state index contributed by atoms with van der Waals surface area (Å²) < 4.78 is 6.16. The second-order valence-corrected chi connectivity index (χ2v) is 6.88. The minimum Gasteiger partial charge on any atom is -1.00 e. The van der Waals surface area contributed by atoms with Crippen LogP contribution in [0.4, 0.5) is 10.5 Å². The zero-order chi connectivity index (χ0) is 15.4. The van der Waals surface area contributed by atoms with Crippen molar-refractivity contribution in [2.45, 2.75) is 24.9 Å². The first-order valence-corrected chi connectivity index (χ1v) is 7.39. The van der Waals surface area contributed by atoms with Crippen LogP contribution in [0.1, 0.15) is 18.9 Å². The van der Waals surface area contributed by atoms with Crippen LogP contribution in [0.25, 0.3) is 0 Å². The number of carbonyl (C=O) groups is 1. The van der Waals surface area contributed by atoms with E-state index in [-0.39, 0.29) is 29.4 Å². The number of likely N-dealkylation sites (N-methyl/N-ethyl adjacent to an activating group) is 2. The Kier molecular flexibility index (Phi) is 4.49. The lowest BCUT2D eigenvalue weighted by molar-refractivity contribution is -0.00000992. The van der Waals surface area contributed by atoms with Crippen molar-refractivity contribution in [1.29, 1.82) is 0 Å². The molecule has 2 atom stereocenters. The quantitative estimate of drug-likeness (QED) is 0.467. The summed E-state index contributed by atoms with van der Waals surface area (Å²) in [5.41, 5.74) is 2.73. The van der Waals surface area contributed by atoms with Gasteiger partial charge in [-0.1, -0.05) is 0 Å². The van der Waals surface area contributed by atoms with Crippen LogP contribution < -0.4 is 38.5 Å². The maximum atomic E-state index is 11.4. The molecule has 2 heterocycles. The van der Waals surface area contributed by atoms with Crippen LogP contribution >= 0.6 is 0 Å². The number of fused-ring (bicyclic) bond motifs is 3. The van der Waals surface area contributed by atoms with Crippen LogP contribution in [-0.4, -0.2) is 51.9 Å². The number of hydrogen-bond donors (Lipinski definition) is 1. The van der Waals surface area contributed by atoms with Gasteiger partial charge in [0.2, 0.25) is 0 Å². The summed E-state index contributed by atoms with van der Waals surface area (Å²) in [5, 5.41) is 2.49. The lowest BCUT2D eigenvalue weighted by atomic mass is 9.81. The highest BCUT2D eigenvalue weighted by atomic mass is 127. The summed E-state index contributed by atoms with van der Waals surface area (Å²) in [6, 6.07) is 6.03. The molecule has 1 N–H and O–H groups in total. The molecule has 1 saturated heterocycles. The van der Waals surface area contributed by atoms with Crippen LogP contribution in [0.3, 0.4) is 0 Å². The van der Waals surface area contributed by atoms with Crippen molar-refractivity contribution >= 4 is 11.8 Å². The average Bonchev–Trinajstić information content (AvgIpc) is 2.83.